The third-order valence-corrected chi connectivity index (χ3v) is 5.85. The SMILES string of the molecule is Cc1cc(OCc2c(F)cccc2F)c2nc(C)c(C(=O)NCC3(N)CCCC3)n2c1. The molecule has 1 aromatic carbocycles. The number of benzene rings is 1. The minimum Gasteiger partial charge on any atom is -0.485 e. The van der Waals surface area contributed by atoms with Gasteiger partial charge in [-0.05, 0) is 50.5 Å². The van der Waals surface area contributed by atoms with E-state index >= 15 is 0 Å². The zero-order valence-corrected chi connectivity index (χ0v) is 17.7. The number of imidazole rings is 1. The molecule has 8 heteroatoms. The van der Waals surface area contributed by atoms with E-state index in [0.29, 0.717) is 29.3 Å². The van der Waals surface area contributed by atoms with Gasteiger partial charge in [0, 0.05) is 18.3 Å². The average molecular weight is 428 g/mol. The average Bonchev–Trinajstić information content (AvgIpc) is 3.29. The largest absolute Gasteiger partial charge is 0.485 e. The number of rotatable bonds is 6. The van der Waals surface area contributed by atoms with E-state index in [-0.39, 0.29) is 23.6 Å². The van der Waals surface area contributed by atoms with Crippen LogP contribution < -0.4 is 15.8 Å². The molecule has 0 aliphatic heterocycles. The maximum absolute atomic E-state index is 14.0. The van der Waals surface area contributed by atoms with Crippen LogP contribution in [0.15, 0.2) is 30.5 Å². The van der Waals surface area contributed by atoms with Crippen LogP contribution in [0.4, 0.5) is 8.78 Å². The van der Waals surface area contributed by atoms with Crippen LogP contribution in [0.5, 0.6) is 5.75 Å². The van der Waals surface area contributed by atoms with Crippen LogP contribution in [0.2, 0.25) is 0 Å². The molecule has 0 bridgehead atoms. The van der Waals surface area contributed by atoms with Crippen molar-refractivity contribution in [3.05, 3.63) is 64.6 Å². The smallest absolute Gasteiger partial charge is 0.270 e. The van der Waals surface area contributed by atoms with Crippen LogP contribution in [-0.2, 0) is 6.61 Å². The Balaban J connectivity index is 1.61. The molecule has 2 aromatic heterocycles. The lowest BCUT2D eigenvalue weighted by Gasteiger charge is -2.23. The molecule has 1 amide bonds. The molecule has 1 fully saturated rings. The number of hydrogen-bond donors (Lipinski definition) is 2. The number of halogens is 2. The molecular weight excluding hydrogens is 402 g/mol. The van der Waals surface area contributed by atoms with Crippen LogP contribution in [0.25, 0.3) is 5.65 Å². The van der Waals surface area contributed by atoms with E-state index in [1.165, 1.54) is 18.2 Å². The van der Waals surface area contributed by atoms with Crippen molar-refractivity contribution < 1.29 is 18.3 Å². The number of carbonyl (C=O) groups is 1. The summed E-state index contributed by atoms with van der Waals surface area (Å²) in [4.78, 5) is 17.5. The lowest BCUT2D eigenvalue weighted by Crippen LogP contribution is -2.48. The highest BCUT2D eigenvalue weighted by Gasteiger charge is 2.30. The van der Waals surface area contributed by atoms with Gasteiger partial charge in [-0.15, -0.1) is 0 Å². The summed E-state index contributed by atoms with van der Waals surface area (Å²) in [6, 6.07) is 5.41. The van der Waals surface area contributed by atoms with Crippen molar-refractivity contribution in [3.63, 3.8) is 0 Å². The quantitative estimate of drug-likeness (QED) is 0.626. The number of nitrogens with two attached hydrogens (primary N) is 1. The van der Waals surface area contributed by atoms with Crippen LogP contribution >= 0.6 is 0 Å². The first kappa shape index (κ1) is 21.2. The molecule has 0 spiro atoms. The van der Waals surface area contributed by atoms with Gasteiger partial charge >= 0.3 is 0 Å². The summed E-state index contributed by atoms with van der Waals surface area (Å²) in [6.45, 7) is 3.70. The highest BCUT2D eigenvalue weighted by atomic mass is 19.1. The molecule has 1 aliphatic carbocycles. The Labute approximate surface area is 179 Å². The Kier molecular flexibility index (Phi) is 5.66. The first-order valence-electron chi connectivity index (χ1n) is 10.4. The van der Waals surface area contributed by atoms with Crippen molar-refractivity contribution in [3.8, 4) is 5.75 Å². The third-order valence-electron chi connectivity index (χ3n) is 5.85. The summed E-state index contributed by atoms with van der Waals surface area (Å²) in [6.07, 6.45) is 5.72. The summed E-state index contributed by atoms with van der Waals surface area (Å²) >= 11 is 0. The highest BCUT2D eigenvalue weighted by molar-refractivity contribution is 5.95. The van der Waals surface area contributed by atoms with Gasteiger partial charge in [0.05, 0.1) is 11.3 Å². The van der Waals surface area contributed by atoms with Gasteiger partial charge in [-0.2, -0.15) is 0 Å². The Bertz CT molecular complexity index is 1120. The Morgan fingerprint density at radius 2 is 1.94 bits per heavy atom. The fourth-order valence-corrected chi connectivity index (χ4v) is 4.15. The second kappa shape index (κ2) is 8.26. The number of amides is 1. The molecule has 3 aromatic rings. The van der Waals surface area contributed by atoms with E-state index in [1.54, 1.807) is 23.6 Å². The highest BCUT2D eigenvalue weighted by Crippen LogP contribution is 2.28. The van der Waals surface area contributed by atoms with Crippen molar-refractivity contribution in [2.45, 2.75) is 51.7 Å². The normalized spacial score (nSPS) is 15.4. The molecule has 0 radical (unpaired) electrons. The number of aromatic nitrogens is 2. The minimum absolute atomic E-state index is 0.159. The van der Waals surface area contributed by atoms with Crippen LogP contribution in [0, 0.1) is 25.5 Å². The van der Waals surface area contributed by atoms with Crippen LogP contribution in [0.1, 0.15) is 53.0 Å². The molecule has 31 heavy (non-hydrogen) atoms. The molecule has 3 N–H and O–H groups in total. The van der Waals surface area contributed by atoms with E-state index in [2.05, 4.69) is 10.3 Å². The van der Waals surface area contributed by atoms with Gasteiger partial charge in [0.1, 0.15) is 23.9 Å². The number of nitrogens with zero attached hydrogens (tertiary/aromatic N) is 2. The number of carbonyl (C=O) groups excluding carboxylic acids is 1. The first-order valence-corrected chi connectivity index (χ1v) is 10.4. The number of hydrogen-bond acceptors (Lipinski definition) is 4. The van der Waals surface area contributed by atoms with Gasteiger partial charge in [0.25, 0.3) is 5.91 Å². The molecule has 6 nitrogen and oxygen atoms in total. The van der Waals surface area contributed by atoms with Gasteiger partial charge in [-0.1, -0.05) is 18.9 Å². The van der Waals surface area contributed by atoms with Crippen molar-refractivity contribution in [2.75, 3.05) is 6.54 Å². The molecular formula is C23H26F2N4O2. The monoisotopic (exact) mass is 428 g/mol. The van der Waals surface area contributed by atoms with Gasteiger partial charge in [0.15, 0.2) is 11.4 Å². The summed E-state index contributed by atoms with van der Waals surface area (Å²) in [5.41, 5.74) is 7.98. The zero-order valence-electron chi connectivity index (χ0n) is 17.7. The van der Waals surface area contributed by atoms with Crippen LogP contribution in [-0.4, -0.2) is 27.4 Å². The molecule has 0 atom stereocenters. The second-order valence-corrected chi connectivity index (χ2v) is 8.36. The summed E-state index contributed by atoms with van der Waals surface area (Å²) in [7, 11) is 0. The lowest BCUT2D eigenvalue weighted by molar-refractivity contribution is 0.0937. The Hall–Kier alpha value is -3.00. The maximum atomic E-state index is 14.0. The lowest BCUT2D eigenvalue weighted by atomic mass is 9.99. The first-order chi connectivity index (χ1) is 14.8. The van der Waals surface area contributed by atoms with Crippen molar-refractivity contribution in [1.82, 2.24) is 14.7 Å². The Morgan fingerprint density at radius 3 is 2.61 bits per heavy atom. The van der Waals surface area contributed by atoms with Gasteiger partial charge in [-0.3, -0.25) is 9.20 Å². The standard InChI is InChI=1S/C23H26F2N4O2/c1-14-10-19(31-12-16-17(24)6-5-7-18(16)25)21-28-15(2)20(29(21)11-14)22(30)27-13-23(26)8-3-4-9-23/h5-7,10-11H,3-4,8-9,12-13,26H2,1-2H3,(H,27,30). The van der Waals surface area contributed by atoms with Crippen molar-refractivity contribution in [2.24, 2.45) is 5.73 Å². The van der Waals surface area contributed by atoms with Crippen LogP contribution in [0.3, 0.4) is 0 Å². The van der Waals surface area contributed by atoms with E-state index in [1.807, 2.05) is 6.92 Å². The van der Waals surface area contributed by atoms with Crippen molar-refractivity contribution >= 4 is 11.6 Å². The number of aryl methyl sites for hydroxylation is 2. The van der Waals surface area contributed by atoms with Gasteiger partial charge in [0.2, 0.25) is 0 Å². The number of ether oxygens (including phenoxy) is 1. The van der Waals surface area contributed by atoms with Gasteiger partial charge in [-0.25, -0.2) is 13.8 Å². The third kappa shape index (κ3) is 4.25. The summed E-state index contributed by atoms with van der Waals surface area (Å²) in [5, 5.41) is 2.95. The second-order valence-electron chi connectivity index (χ2n) is 8.36. The number of pyridine rings is 1. The minimum atomic E-state index is -0.675. The zero-order chi connectivity index (χ0) is 22.2. The topological polar surface area (TPSA) is 81.6 Å². The molecule has 1 saturated carbocycles. The fourth-order valence-electron chi connectivity index (χ4n) is 4.15. The fraction of sp³-hybridized carbons (Fsp3) is 0.391. The predicted molar refractivity (Wildman–Crippen MR) is 113 cm³/mol. The van der Waals surface area contributed by atoms with Gasteiger partial charge < -0.3 is 15.8 Å². The molecule has 0 saturated heterocycles. The molecule has 0 unspecified atom stereocenters. The molecule has 2 heterocycles. The predicted octanol–water partition coefficient (Wildman–Crippen LogP) is 3.81. The maximum Gasteiger partial charge on any atom is 0.270 e. The number of fused-ring (bicyclic) bond motifs is 1. The van der Waals surface area contributed by atoms with Crippen molar-refractivity contribution in [1.29, 1.82) is 0 Å². The number of nitrogens with one attached hydrogen (secondary N) is 1. The summed E-state index contributed by atoms with van der Waals surface area (Å²) in [5.74, 6) is -1.27. The Morgan fingerprint density at radius 1 is 1.26 bits per heavy atom. The molecule has 1 aliphatic rings. The van der Waals surface area contributed by atoms with E-state index in [0.717, 1.165) is 31.2 Å². The van der Waals surface area contributed by atoms with E-state index < -0.39 is 11.6 Å². The van der Waals surface area contributed by atoms with E-state index in [4.69, 9.17) is 10.5 Å². The molecule has 4 rings (SSSR count). The summed E-state index contributed by atoms with van der Waals surface area (Å²) < 4.78 is 35.3. The van der Waals surface area contributed by atoms with E-state index in [9.17, 15) is 13.6 Å². The molecule has 164 valence electrons.